The summed E-state index contributed by atoms with van der Waals surface area (Å²) in [5.41, 5.74) is 9.18. The minimum absolute atomic E-state index is 0.0365. The Morgan fingerprint density at radius 3 is 3.05 bits per heavy atom. The molecule has 0 fully saturated rings. The number of benzene rings is 1. The highest BCUT2D eigenvalue weighted by molar-refractivity contribution is 7.10. The maximum Gasteiger partial charge on any atom is 0.228 e. The van der Waals surface area contributed by atoms with Crippen LogP contribution >= 0.6 is 11.3 Å². The number of rotatable bonds is 3. The monoisotopic (exact) mass is 274 g/mol. The third-order valence-electron chi connectivity index (χ3n) is 3.27. The van der Waals surface area contributed by atoms with Gasteiger partial charge in [-0.05, 0) is 28.6 Å². The van der Waals surface area contributed by atoms with Crippen LogP contribution in [0.15, 0.2) is 29.6 Å². The summed E-state index contributed by atoms with van der Waals surface area (Å²) in [5, 5.41) is 4.78. The van der Waals surface area contributed by atoms with Crippen LogP contribution in [0.1, 0.15) is 22.0 Å². The summed E-state index contributed by atoms with van der Waals surface area (Å²) in [6, 6.07) is 7.55. The summed E-state index contributed by atoms with van der Waals surface area (Å²) >= 11 is 1.58. The van der Waals surface area contributed by atoms with Gasteiger partial charge in [0.1, 0.15) is 5.75 Å². The lowest BCUT2D eigenvalue weighted by Crippen LogP contribution is -2.11. The molecule has 3 rings (SSSR count). The van der Waals surface area contributed by atoms with Crippen LogP contribution in [0, 0.1) is 0 Å². The molecule has 4 nitrogen and oxygen atoms in total. The standard InChI is InChI=1S/C14H14N2O2S/c1-18-11-4-5-19-14(11)13(15)8-2-3-10-9(6-8)7-12(17)16-10/h2-6,13H,7,15H2,1H3,(H,16,17). The van der Waals surface area contributed by atoms with E-state index in [1.165, 1.54) is 0 Å². The van der Waals surface area contributed by atoms with Crippen molar-refractivity contribution in [2.24, 2.45) is 5.73 Å². The Morgan fingerprint density at radius 1 is 1.42 bits per heavy atom. The maximum absolute atomic E-state index is 11.3. The van der Waals surface area contributed by atoms with Gasteiger partial charge in [0.15, 0.2) is 0 Å². The molecule has 1 amide bonds. The van der Waals surface area contributed by atoms with Crippen LogP contribution in [0.25, 0.3) is 0 Å². The quantitative estimate of drug-likeness (QED) is 0.902. The summed E-state index contributed by atoms with van der Waals surface area (Å²) in [4.78, 5) is 12.3. The van der Waals surface area contributed by atoms with Gasteiger partial charge in [-0.15, -0.1) is 11.3 Å². The molecule has 2 aromatic rings. The topological polar surface area (TPSA) is 64.3 Å². The first-order chi connectivity index (χ1) is 9.19. The minimum Gasteiger partial charge on any atom is -0.496 e. The van der Waals surface area contributed by atoms with E-state index in [9.17, 15) is 4.79 Å². The van der Waals surface area contributed by atoms with E-state index < -0.39 is 0 Å². The van der Waals surface area contributed by atoms with E-state index >= 15 is 0 Å². The largest absolute Gasteiger partial charge is 0.496 e. The van der Waals surface area contributed by atoms with Gasteiger partial charge in [0, 0.05) is 5.69 Å². The summed E-state index contributed by atoms with van der Waals surface area (Å²) in [5.74, 6) is 0.849. The lowest BCUT2D eigenvalue weighted by atomic mass is 10.0. The fraction of sp³-hybridized carbons (Fsp3) is 0.214. The SMILES string of the molecule is COc1ccsc1C(N)c1ccc2c(c1)CC(=O)N2. The van der Waals surface area contributed by atoms with Crippen LogP contribution in [-0.2, 0) is 11.2 Å². The number of nitrogens with two attached hydrogens (primary N) is 1. The van der Waals surface area contributed by atoms with Crippen molar-refractivity contribution in [1.82, 2.24) is 0 Å². The van der Waals surface area contributed by atoms with E-state index in [2.05, 4.69) is 5.32 Å². The van der Waals surface area contributed by atoms with Gasteiger partial charge in [0.25, 0.3) is 0 Å². The average Bonchev–Trinajstić information content (AvgIpc) is 3.01. The van der Waals surface area contributed by atoms with E-state index in [1.807, 2.05) is 29.6 Å². The third kappa shape index (κ3) is 2.11. The van der Waals surface area contributed by atoms with Gasteiger partial charge in [-0.2, -0.15) is 0 Å². The Bertz CT molecular complexity index is 636. The number of anilines is 1. The molecule has 98 valence electrons. The van der Waals surface area contributed by atoms with Crippen molar-refractivity contribution in [3.63, 3.8) is 0 Å². The normalized spacial score (nSPS) is 14.9. The summed E-state index contributed by atoms with van der Waals surface area (Å²) in [7, 11) is 1.64. The molecule has 5 heteroatoms. The number of carbonyl (C=O) groups excluding carboxylic acids is 1. The highest BCUT2D eigenvalue weighted by atomic mass is 32.1. The molecule has 3 N–H and O–H groups in total. The molecule has 1 atom stereocenters. The predicted molar refractivity (Wildman–Crippen MR) is 75.7 cm³/mol. The van der Waals surface area contributed by atoms with Crippen LogP contribution in [0.2, 0.25) is 0 Å². The Labute approximate surface area is 115 Å². The molecule has 1 aromatic carbocycles. The van der Waals surface area contributed by atoms with Gasteiger partial charge in [-0.25, -0.2) is 0 Å². The lowest BCUT2D eigenvalue weighted by Gasteiger charge is -2.13. The fourth-order valence-electron chi connectivity index (χ4n) is 2.30. The van der Waals surface area contributed by atoms with Crippen molar-refractivity contribution >= 4 is 22.9 Å². The second-order valence-electron chi connectivity index (χ2n) is 4.47. The molecule has 1 aliphatic heterocycles. The highest BCUT2D eigenvalue weighted by Crippen LogP contribution is 2.35. The van der Waals surface area contributed by atoms with Crippen LogP contribution in [-0.4, -0.2) is 13.0 Å². The molecule has 2 heterocycles. The zero-order valence-corrected chi connectivity index (χ0v) is 11.3. The summed E-state index contributed by atoms with van der Waals surface area (Å²) < 4.78 is 5.30. The van der Waals surface area contributed by atoms with Crippen LogP contribution in [0.4, 0.5) is 5.69 Å². The highest BCUT2D eigenvalue weighted by Gasteiger charge is 2.21. The second-order valence-corrected chi connectivity index (χ2v) is 5.42. The van der Waals surface area contributed by atoms with Crippen LogP contribution in [0.5, 0.6) is 5.75 Å². The van der Waals surface area contributed by atoms with Crippen molar-refractivity contribution in [3.05, 3.63) is 45.6 Å². The number of hydrogen-bond acceptors (Lipinski definition) is 4. The molecule has 0 saturated carbocycles. The number of hydrogen-bond donors (Lipinski definition) is 2. The Balaban J connectivity index is 1.95. The third-order valence-corrected chi connectivity index (χ3v) is 4.25. The zero-order valence-electron chi connectivity index (χ0n) is 10.5. The Morgan fingerprint density at radius 2 is 2.26 bits per heavy atom. The number of carbonyl (C=O) groups is 1. The van der Waals surface area contributed by atoms with E-state index in [1.54, 1.807) is 18.4 Å². The van der Waals surface area contributed by atoms with Gasteiger partial charge in [0.05, 0.1) is 24.4 Å². The van der Waals surface area contributed by atoms with Crippen molar-refractivity contribution < 1.29 is 9.53 Å². The second kappa shape index (κ2) is 4.68. The smallest absolute Gasteiger partial charge is 0.228 e. The van der Waals surface area contributed by atoms with Gasteiger partial charge in [0.2, 0.25) is 5.91 Å². The number of amides is 1. The first-order valence-electron chi connectivity index (χ1n) is 5.98. The number of fused-ring (bicyclic) bond motifs is 1. The number of nitrogens with one attached hydrogen (secondary N) is 1. The molecule has 19 heavy (non-hydrogen) atoms. The number of methoxy groups -OCH3 is 1. The first kappa shape index (κ1) is 12.2. The van der Waals surface area contributed by atoms with Crippen molar-refractivity contribution in [1.29, 1.82) is 0 Å². The number of ether oxygens (including phenoxy) is 1. The maximum atomic E-state index is 11.3. The van der Waals surface area contributed by atoms with Crippen LogP contribution in [0.3, 0.4) is 0 Å². The molecule has 0 spiro atoms. The van der Waals surface area contributed by atoms with Gasteiger partial charge < -0.3 is 15.8 Å². The molecule has 0 bridgehead atoms. The van der Waals surface area contributed by atoms with Crippen molar-refractivity contribution in [2.45, 2.75) is 12.5 Å². The molecule has 1 aromatic heterocycles. The van der Waals surface area contributed by atoms with Gasteiger partial charge >= 0.3 is 0 Å². The summed E-state index contributed by atoms with van der Waals surface area (Å²) in [6.07, 6.45) is 0.428. The van der Waals surface area contributed by atoms with E-state index in [0.717, 1.165) is 27.4 Å². The first-order valence-corrected chi connectivity index (χ1v) is 6.86. The van der Waals surface area contributed by atoms with Crippen LogP contribution < -0.4 is 15.8 Å². The Hall–Kier alpha value is -1.85. The van der Waals surface area contributed by atoms with Gasteiger partial charge in [-0.3, -0.25) is 4.79 Å². The van der Waals surface area contributed by atoms with Crippen molar-refractivity contribution in [2.75, 3.05) is 12.4 Å². The molecule has 1 unspecified atom stereocenters. The zero-order chi connectivity index (χ0) is 13.4. The summed E-state index contributed by atoms with van der Waals surface area (Å²) in [6.45, 7) is 0. The predicted octanol–water partition coefficient (Wildman–Crippen LogP) is 2.30. The fourth-order valence-corrected chi connectivity index (χ4v) is 3.19. The Kier molecular flexibility index (Phi) is 3.00. The van der Waals surface area contributed by atoms with E-state index in [-0.39, 0.29) is 11.9 Å². The molecular formula is C14H14N2O2S. The lowest BCUT2D eigenvalue weighted by molar-refractivity contribution is -0.115. The average molecular weight is 274 g/mol. The number of thiophene rings is 1. The molecular weight excluding hydrogens is 260 g/mol. The van der Waals surface area contributed by atoms with E-state index in [4.69, 9.17) is 10.5 Å². The molecule has 0 saturated heterocycles. The van der Waals surface area contributed by atoms with E-state index in [0.29, 0.717) is 6.42 Å². The molecule has 1 aliphatic rings. The molecule has 0 aliphatic carbocycles. The molecule has 0 radical (unpaired) electrons. The van der Waals surface area contributed by atoms with Gasteiger partial charge in [-0.1, -0.05) is 12.1 Å². The minimum atomic E-state index is -0.226. The van der Waals surface area contributed by atoms with Crippen molar-refractivity contribution in [3.8, 4) is 5.75 Å².